The van der Waals surface area contributed by atoms with E-state index in [0.29, 0.717) is 6.04 Å². The molecule has 0 aromatic heterocycles. The molecular weight excluding hydrogens is 174 g/mol. The fourth-order valence-electron chi connectivity index (χ4n) is 1.54. The summed E-state index contributed by atoms with van der Waals surface area (Å²) in [6.45, 7) is 3.35. The van der Waals surface area contributed by atoms with Gasteiger partial charge in [-0.05, 0) is 33.5 Å². The van der Waals surface area contributed by atoms with Gasteiger partial charge in [0.2, 0.25) is 0 Å². The van der Waals surface area contributed by atoms with Gasteiger partial charge in [-0.3, -0.25) is 11.3 Å². The lowest BCUT2D eigenvalue weighted by molar-refractivity contribution is 0.345. The molecule has 0 aliphatic heterocycles. The Balaban J connectivity index is 3.38. The Morgan fingerprint density at radius 1 is 1.14 bits per heavy atom. The molecule has 0 aliphatic rings. The molecule has 0 aromatic carbocycles. The van der Waals surface area contributed by atoms with Crippen molar-refractivity contribution in [2.75, 3.05) is 20.6 Å². The van der Waals surface area contributed by atoms with Crippen LogP contribution in [0.5, 0.6) is 0 Å². The van der Waals surface area contributed by atoms with Gasteiger partial charge >= 0.3 is 0 Å². The summed E-state index contributed by atoms with van der Waals surface area (Å²) in [6, 6.07) is 0.495. The van der Waals surface area contributed by atoms with Crippen LogP contribution in [0.3, 0.4) is 0 Å². The Bertz CT molecular complexity index is 115. The molecule has 0 bridgehead atoms. The number of unbranched alkanes of at least 4 members (excludes halogenated alkanes) is 3. The minimum absolute atomic E-state index is 0.495. The Hall–Kier alpha value is -0.120. The van der Waals surface area contributed by atoms with Crippen molar-refractivity contribution in [3.8, 4) is 0 Å². The zero-order chi connectivity index (χ0) is 10.8. The van der Waals surface area contributed by atoms with E-state index in [1.807, 2.05) is 0 Å². The highest BCUT2D eigenvalue weighted by Crippen LogP contribution is 2.07. The number of hydrazine groups is 1. The van der Waals surface area contributed by atoms with Crippen molar-refractivity contribution in [1.82, 2.24) is 10.3 Å². The zero-order valence-electron chi connectivity index (χ0n) is 10.1. The van der Waals surface area contributed by atoms with Gasteiger partial charge in [-0.2, -0.15) is 0 Å². The summed E-state index contributed by atoms with van der Waals surface area (Å²) >= 11 is 0. The smallest absolute Gasteiger partial charge is 0.0222 e. The number of nitrogens with one attached hydrogen (secondary N) is 1. The summed E-state index contributed by atoms with van der Waals surface area (Å²) in [7, 11) is 4.20. The second-order valence-electron chi connectivity index (χ2n) is 4.30. The normalized spacial score (nSPS) is 13.5. The molecule has 0 fully saturated rings. The van der Waals surface area contributed by atoms with E-state index in [4.69, 9.17) is 5.84 Å². The van der Waals surface area contributed by atoms with E-state index >= 15 is 0 Å². The molecular formula is C11H27N3. The van der Waals surface area contributed by atoms with Crippen molar-refractivity contribution in [2.45, 2.75) is 51.5 Å². The molecule has 0 spiro atoms. The van der Waals surface area contributed by atoms with Crippen molar-refractivity contribution in [3.63, 3.8) is 0 Å². The second kappa shape index (κ2) is 9.44. The van der Waals surface area contributed by atoms with Crippen molar-refractivity contribution in [1.29, 1.82) is 0 Å². The Labute approximate surface area is 89.0 Å². The molecule has 0 aromatic rings. The first-order valence-corrected chi connectivity index (χ1v) is 5.81. The van der Waals surface area contributed by atoms with E-state index in [2.05, 4.69) is 31.3 Å². The molecule has 1 unspecified atom stereocenters. The molecule has 14 heavy (non-hydrogen) atoms. The number of rotatable bonds is 9. The van der Waals surface area contributed by atoms with Gasteiger partial charge in [-0.15, -0.1) is 0 Å². The highest BCUT2D eigenvalue weighted by atomic mass is 15.2. The molecule has 3 heteroatoms. The first kappa shape index (κ1) is 13.9. The van der Waals surface area contributed by atoms with Gasteiger partial charge in [0.05, 0.1) is 0 Å². The van der Waals surface area contributed by atoms with Crippen molar-refractivity contribution in [3.05, 3.63) is 0 Å². The van der Waals surface area contributed by atoms with Crippen LogP contribution >= 0.6 is 0 Å². The van der Waals surface area contributed by atoms with Crippen LogP contribution in [0.25, 0.3) is 0 Å². The summed E-state index contributed by atoms with van der Waals surface area (Å²) in [5.74, 6) is 5.51. The van der Waals surface area contributed by atoms with Gasteiger partial charge in [0.25, 0.3) is 0 Å². The number of nitrogens with two attached hydrogens (primary N) is 1. The number of hydrogen-bond donors (Lipinski definition) is 2. The van der Waals surface area contributed by atoms with E-state index in [1.165, 1.54) is 32.1 Å². The molecule has 3 nitrogen and oxygen atoms in total. The van der Waals surface area contributed by atoms with E-state index in [1.54, 1.807) is 0 Å². The van der Waals surface area contributed by atoms with E-state index < -0.39 is 0 Å². The fourth-order valence-corrected chi connectivity index (χ4v) is 1.54. The lowest BCUT2D eigenvalue weighted by Crippen LogP contribution is -2.37. The van der Waals surface area contributed by atoms with Crippen molar-refractivity contribution >= 4 is 0 Å². The fraction of sp³-hybridized carbons (Fsp3) is 1.00. The molecule has 86 valence electrons. The predicted octanol–water partition coefficient (Wildman–Crippen LogP) is 1.74. The maximum absolute atomic E-state index is 5.51. The summed E-state index contributed by atoms with van der Waals surface area (Å²) < 4.78 is 0. The van der Waals surface area contributed by atoms with Crippen LogP contribution in [0.1, 0.15) is 45.4 Å². The van der Waals surface area contributed by atoms with Crippen LogP contribution in [-0.2, 0) is 0 Å². The summed E-state index contributed by atoms with van der Waals surface area (Å²) in [5, 5.41) is 0. The molecule has 3 N–H and O–H groups in total. The molecule has 0 amide bonds. The van der Waals surface area contributed by atoms with Crippen molar-refractivity contribution < 1.29 is 0 Å². The second-order valence-corrected chi connectivity index (χ2v) is 4.30. The Morgan fingerprint density at radius 3 is 2.36 bits per heavy atom. The largest absolute Gasteiger partial charge is 0.309 e. The first-order chi connectivity index (χ1) is 6.70. The molecule has 0 radical (unpaired) electrons. The topological polar surface area (TPSA) is 41.3 Å². The first-order valence-electron chi connectivity index (χ1n) is 5.81. The molecule has 0 heterocycles. The van der Waals surface area contributed by atoms with Crippen LogP contribution in [-0.4, -0.2) is 31.6 Å². The lowest BCUT2D eigenvalue weighted by Gasteiger charge is -2.18. The average molecular weight is 201 g/mol. The van der Waals surface area contributed by atoms with Gasteiger partial charge < -0.3 is 4.90 Å². The third-order valence-electron chi connectivity index (χ3n) is 2.57. The zero-order valence-corrected chi connectivity index (χ0v) is 10.1. The average Bonchev–Trinajstić information content (AvgIpc) is 2.16. The number of nitrogens with zero attached hydrogens (tertiary/aromatic N) is 1. The van der Waals surface area contributed by atoms with Gasteiger partial charge in [0, 0.05) is 6.04 Å². The number of hydrogen-bond acceptors (Lipinski definition) is 3. The summed E-state index contributed by atoms with van der Waals surface area (Å²) in [6.07, 6.45) is 7.66. The van der Waals surface area contributed by atoms with Gasteiger partial charge in [0.15, 0.2) is 0 Å². The van der Waals surface area contributed by atoms with E-state index in [9.17, 15) is 0 Å². The quantitative estimate of drug-likeness (QED) is 0.339. The van der Waals surface area contributed by atoms with E-state index in [-0.39, 0.29) is 0 Å². The highest BCUT2D eigenvalue weighted by Gasteiger charge is 2.05. The highest BCUT2D eigenvalue weighted by molar-refractivity contribution is 4.64. The van der Waals surface area contributed by atoms with Gasteiger partial charge in [-0.25, -0.2) is 0 Å². The molecule has 0 rings (SSSR count). The van der Waals surface area contributed by atoms with Crippen LogP contribution in [0.15, 0.2) is 0 Å². The molecule has 1 atom stereocenters. The van der Waals surface area contributed by atoms with Crippen LogP contribution in [0, 0.1) is 0 Å². The predicted molar refractivity (Wildman–Crippen MR) is 63.0 cm³/mol. The maximum atomic E-state index is 5.51. The van der Waals surface area contributed by atoms with Crippen LogP contribution in [0.4, 0.5) is 0 Å². The molecule has 0 saturated heterocycles. The Morgan fingerprint density at radius 2 is 1.86 bits per heavy atom. The van der Waals surface area contributed by atoms with Crippen molar-refractivity contribution in [2.24, 2.45) is 5.84 Å². The van der Waals surface area contributed by atoms with Crippen LogP contribution in [0.2, 0.25) is 0 Å². The monoisotopic (exact) mass is 201 g/mol. The van der Waals surface area contributed by atoms with Crippen LogP contribution < -0.4 is 11.3 Å². The third kappa shape index (κ3) is 8.48. The Kier molecular flexibility index (Phi) is 9.35. The maximum Gasteiger partial charge on any atom is 0.0222 e. The van der Waals surface area contributed by atoms with Gasteiger partial charge in [-0.1, -0.05) is 32.6 Å². The molecule has 0 aliphatic carbocycles. The third-order valence-corrected chi connectivity index (χ3v) is 2.57. The SMILES string of the molecule is CCCCCCC(CCN(C)C)NN. The van der Waals surface area contributed by atoms with E-state index in [0.717, 1.165) is 13.0 Å². The minimum atomic E-state index is 0.495. The lowest BCUT2D eigenvalue weighted by atomic mass is 10.1. The van der Waals surface area contributed by atoms with Gasteiger partial charge in [0.1, 0.15) is 0 Å². The molecule has 0 saturated carbocycles. The minimum Gasteiger partial charge on any atom is -0.309 e. The summed E-state index contributed by atoms with van der Waals surface area (Å²) in [4.78, 5) is 2.20. The summed E-state index contributed by atoms with van der Waals surface area (Å²) in [5.41, 5.74) is 2.91. The standard InChI is InChI=1S/C11H27N3/c1-4-5-6-7-8-11(13-12)9-10-14(2)3/h11,13H,4-10,12H2,1-3H3.